The first kappa shape index (κ1) is 17.9. The molecule has 0 saturated heterocycles. The summed E-state index contributed by atoms with van der Waals surface area (Å²) < 4.78 is 9.33. The van der Waals surface area contributed by atoms with E-state index < -0.39 is 24.3 Å². The molecular weight excluding hydrogens is 270 g/mol. The van der Waals surface area contributed by atoms with Gasteiger partial charge in [-0.25, -0.2) is 4.79 Å². The highest BCUT2D eigenvalue weighted by Crippen LogP contribution is 2.04. The summed E-state index contributed by atoms with van der Waals surface area (Å²) in [5.74, 6) is -1.61. The Kier molecular flexibility index (Phi) is 7.95. The van der Waals surface area contributed by atoms with Crippen molar-refractivity contribution in [2.45, 2.75) is 46.8 Å². The van der Waals surface area contributed by atoms with Gasteiger partial charge in [0.15, 0.2) is 0 Å². The monoisotopic (exact) mass is 289 g/mol. The molecule has 2 amide bonds. The smallest absolute Gasteiger partial charge is 0.425 e. The second-order valence-corrected chi connectivity index (χ2v) is 4.19. The third-order valence-electron chi connectivity index (χ3n) is 1.99. The van der Waals surface area contributed by atoms with Crippen LogP contribution >= 0.6 is 0 Å². The number of nitrogens with zero attached hydrogens (tertiary/aromatic N) is 1. The van der Waals surface area contributed by atoms with Crippen LogP contribution in [0.15, 0.2) is 0 Å². The minimum atomic E-state index is -1.31. The molecule has 0 rings (SSSR count). The lowest BCUT2D eigenvalue weighted by Crippen LogP contribution is -2.34. The first-order valence-electron chi connectivity index (χ1n) is 6.18. The number of rotatable bonds is 6. The van der Waals surface area contributed by atoms with Crippen molar-refractivity contribution in [1.82, 2.24) is 5.06 Å². The molecule has 0 saturated carbocycles. The molecule has 8 heteroatoms. The van der Waals surface area contributed by atoms with Crippen molar-refractivity contribution < 1.29 is 33.5 Å². The molecule has 20 heavy (non-hydrogen) atoms. The van der Waals surface area contributed by atoms with Gasteiger partial charge in [0.25, 0.3) is 12.3 Å². The largest absolute Gasteiger partial charge is 0.537 e. The lowest BCUT2D eigenvalue weighted by Gasteiger charge is -2.17. The van der Waals surface area contributed by atoms with Crippen LogP contribution in [0.2, 0.25) is 0 Å². The van der Waals surface area contributed by atoms with Gasteiger partial charge < -0.3 is 9.47 Å². The molecule has 114 valence electrons. The fourth-order valence-electron chi connectivity index (χ4n) is 1.02. The van der Waals surface area contributed by atoms with Gasteiger partial charge in [-0.2, -0.15) is 0 Å². The van der Waals surface area contributed by atoms with Crippen LogP contribution in [0.4, 0.5) is 4.79 Å². The molecule has 0 bridgehead atoms. The van der Waals surface area contributed by atoms with E-state index in [1.165, 1.54) is 6.92 Å². The summed E-state index contributed by atoms with van der Waals surface area (Å²) in [5.41, 5.74) is 0. The Bertz CT molecular complexity index is 367. The molecule has 0 aromatic carbocycles. The molecule has 0 radical (unpaired) electrons. The highest BCUT2D eigenvalue weighted by atomic mass is 16.9. The molecule has 0 aliphatic carbocycles. The lowest BCUT2D eigenvalue weighted by molar-refractivity contribution is -0.191. The first-order valence-corrected chi connectivity index (χ1v) is 6.18. The number of imide groups is 1. The molecule has 0 aromatic rings. The topological polar surface area (TPSA) is 99.2 Å². The normalized spacial score (nSPS) is 11.4. The summed E-state index contributed by atoms with van der Waals surface area (Å²) in [5, 5.41) is 0.239. The number of esters is 1. The number of carbonyl (C=O) groups excluding carboxylic acids is 4. The molecule has 0 heterocycles. The van der Waals surface area contributed by atoms with E-state index in [1.807, 2.05) is 0 Å². The predicted molar refractivity (Wildman–Crippen MR) is 65.8 cm³/mol. The third-order valence-corrected chi connectivity index (χ3v) is 1.99. The van der Waals surface area contributed by atoms with E-state index in [0.717, 1.165) is 0 Å². The Morgan fingerprint density at radius 3 is 2.20 bits per heavy atom. The average molecular weight is 289 g/mol. The molecule has 0 aliphatic heterocycles. The molecule has 0 aromatic heterocycles. The van der Waals surface area contributed by atoms with E-state index in [1.54, 1.807) is 20.8 Å². The summed E-state index contributed by atoms with van der Waals surface area (Å²) in [6, 6.07) is 0. The minimum Gasteiger partial charge on any atom is -0.425 e. The van der Waals surface area contributed by atoms with Crippen LogP contribution in [0, 0.1) is 5.92 Å². The van der Waals surface area contributed by atoms with Gasteiger partial charge in [0.2, 0.25) is 6.29 Å². The first-order chi connectivity index (χ1) is 9.31. The molecular formula is C12H19NO7. The zero-order chi connectivity index (χ0) is 15.7. The zero-order valence-corrected chi connectivity index (χ0v) is 12.0. The Hall–Kier alpha value is -2.12. The highest BCUT2D eigenvalue weighted by molar-refractivity contribution is 5.85. The second kappa shape index (κ2) is 8.89. The molecule has 0 fully saturated rings. The maximum absolute atomic E-state index is 11.3. The molecule has 8 nitrogen and oxygen atoms in total. The summed E-state index contributed by atoms with van der Waals surface area (Å²) in [6.07, 6.45) is -1.91. The number of hydrogen-bond acceptors (Lipinski definition) is 7. The SMILES string of the molecule is CCCC(=O)N(C=O)OC(=O)OC(C)OC(=O)C(C)C. The molecule has 0 aliphatic rings. The maximum atomic E-state index is 11.3. The lowest BCUT2D eigenvalue weighted by atomic mass is 10.2. The fourth-order valence-corrected chi connectivity index (χ4v) is 1.02. The highest BCUT2D eigenvalue weighted by Gasteiger charge is 2.22. The fraction of sp³-hybridized carbons (Fsp3) is 0.667. The number of hydrogen-bond donors (Lipinski definition) is 0. The number of hydroxylamine groups is 2. The van der Waals surface area contributed by atoms with Gasteiger partial charge in [-0.05, 0) is 6.42 Å². The van der Waals surface area contributed by atoms with E-state index in [2.05, 4.69) is 9.57 Å². The molecule has 0 N–H and O–H groups in total. The van der Waals surface area contributed by atoms with Gasteiger partial charge in [0, 0.05) is 13.3 Å². The van der Waals surface area contributed by atoms with E-state index in [9.17, 15) is 19.2 Å². The zero-order valence-electron chi connectivity index (χ0n) is 12.0. The average Bonchev–Trinajstić information content (AvgIpc) is 2.35. The van der Waals surface area contributed by atoms with Gasteiger partial charge >= 0.3 is 12.1 Å². The summed E-state index contributed by atoms with van der Waals surface area (Å²) in [4.78, 5) is 48.9. The van der Waals surface area contributed by atoms with Gasteiger partial charge in [0.1, 0.15) is 0 Å². The number of carbonyl (C=O) groups is 4. The van der Waals surface area contributed by atoms with Crippen molar-refractivity contribution >= 4 is 24.4 Å². The van der Waals surface area contributed by atoms with Crippen LogP contribution < -0.4 is 0 Å². The van der Waals surface area contributed by atoms with Gasteiger partial charge in [0.05, 0.1) is 5.92 Å². The van der Waals surface area contributed by atoms with Crippen LogP contribution in [0.1, 0.15) is 40.5 Å². The maximum Gasteiger partial charge on any atom is 0.537 e. The Balaban J connectivity index is 4.29. The van der Waals surface area contributed by atoms with Crippen molar-refractivity contribution in [3.63, 3.8) is 0 Å². The number of amides is 2. The Morgan fingerprint density at radius 2 is 1.75 bits per heavy atom. The minimum absolute atomic E-state index is 0.0455. The van der Waals surface area contributed by atoms with E-state index in [0.29, 0.717) is 6.42 Å². The predicted octanol–water partition coefficient (Wildman–Crippen LogP) is 1.38. The van der Waals surface area contributed by atoms with Crippen molar-refractivity contribution in [3.05, 3.63) is 0 Å². The Labute approximate surface area is 116 Å². The van der Waals surface area contributed by atoms with Gasteiger partial charge in [-0.3, -0.25) is 19.2 Å². The summed E-state index contributed by atoms with van der Waals surface area (Å²) >= 11 is 0. The van der Waals surface area contributed by atoms with Crippen LogP contribution in [0.3, 0.4) is 0 Å². The molecule has 1 atom stereocenters. The van der Waals surface area contributed by atoms with E-state index in [-0.39, 0.29) is 23.8 Å². The summed E-state index contributed by atoms with van der Waals surface area (Å²) in [6.45, 7) is 6.27. The van der Waals surface area contributed by atoms with Crippen molar-refractivity contribution in [3.8, 4) is 0 Å². The van der Waals surface area contributed by atoms with E-state index in [4.69, 9.17) is 4.74 Å². The molecule has 1 unspecified atom stereocenters. The van der Waals surface area contributed by atoms with Crippen molar-refractivity contribution in [2.24, 2.45) is 5.92 Å². The second-order valence-electron chi connectivity index (χ2n) is 4.19. The van der Waals surface area contributed by atoms with Crippen LogP contribution in [0.5, 0.6) is 0 Å². The van der Waals surface area contributed by atoms with Gasteiger partial charge in [-0.15, -0.1) is 5.06 Å². The van der Waals surface area contributed by atoms with Gasteiger partial charge in [-0.1, -0.05) is 20.8 Å². The Morgan fingerprint density at radius 1 is 1.15 bits per heavy atom. The number of ether oxygens (including phenoxy) is 2. The van der Waals surface area contributed by atoms with Crippen LogP contribution in [-0.4, -0.2) is 35.8 Å². The third kappa shape index (κ3) is 6.72. The van der Waals surface area contributed by atoms with Crippen molar-refractivity contribution in [2.75, 3.05) is 0 Å². The standard InChI is InChI=1S/C12H19NO7/c1-5-6-10(15)13(7-14)20-12(17)19-9(4)18-11(16)8(2)3/h7-9H,5-6H2,1-4H3. The van der Waals surface area contributed by atoms with Crippen molar-refractivity contribution in [1.29, 1.82) is 0 Å². The molecule has 0 spiro atoms. The quantitative estimate of drug-likeness (QED) is 0.315. The van der Waals surface area contributed by atoms with Crippen LogP contribution in [-0.2, 0) is 28.7 Å². The van der Waals surface area contributed by atoms with Crippen LogP contribution in [0.25, 0.3) is 0 Å². The van der Waals surface area contributed by atoms with E-state index >= 15 is 0 Å². The summed E-state index contributed by atoms with van der Waals surface area (Å²) in [7, 11) is 0.